The van der Waals surface area contributed by atoms with Crippen LogP contribution in [0.1, 0.15) is 10.4 Å². The van der Waals surface area contributed by atoms with E-state index in [0.717, 1.165) is 10.9 Å². The zero-order valence-electron chi connectivity index (χ0n) is 11.1. The van der Waals surface area contributed by atoms with E-state index in [2.05, 4.69) is 10.1 Å². The number of fused-ring (bicyclic) bond motifs is 1. The van der Waals surface area contributed by atoms with Gasteiger partial charge in [0.25, 0.3) is 5.91 Å². The van der Waals surface area contributed by atoms with Crippen molar-refractivity contribution in [3.8, 4) is 11.5 Å². The van der Waals surface area contributed by atoms with Crippen LogP contribution in [0.15, 0.2) is 36.7 Å². The molecule has 0 saturated carbocycles. The zero-order chi connectivity index (χ0) is 15.0. The Bertz CT molecular complexity index is 827. The number of primary amides is 1. The minimum absolute atomic E-state index is 0.222. The highest BCUT2D eigenvalue weighted by Crippen LogP contribution is 2.29. The van der Waals surface area contributed by atoms with Crippen LogP contribution in [0.5, 0.6) is 11.5 Å². The highest BCUT2D eigenvalue weighted by Gasteiger charge is 2.14. The Morgan fingerprint density at radius 2 is 2.14 bits per heavy atom. The molecule has 3 rings (SSSR count). The van der Waals surface area contributed by atoms with E-state index in [9.17, 15) is 9.18 Å². The summed E-state index contributed by atoms with van der Waals surface area (Å²) in [5.41, 5.74) is 6.37. The van der Waals surface area contributed by atoms with Crippen molar-refractivity contribution in [1.82, 2.24) is 14.8 Å². The molecule has 106 valence electrons. The molecule has 21 heavy (non-hydrogen) atoms. The lowest BCUT2D eigenvalue weighted by molar-refractivity contribution is 0.0998. The Labute approximate surface area is 119 Å². The van der Waals surface area contributed by atoms with Gasteiger partial charge in [-0.2, -0.15) is 9.49 Å². The number of pyridine rings is 1. The largest absolute Gasteiger partial charge is 0.455 e. The van der Waals surface area contributed by atoms with Crippen LogP contribution in [-0.2, 0) is 7.05 Å². The topological polar surface area (TPSA) is 83.0 Å². The number of amides is 1. The molecule has 2 aromatic heterocycles. The molecular formula is C14H11FN4O2. The molecule has 6 nitrogen and oxygen atoms in total. The third-order valence-corrected chi connectivity index (χ3v) is 3.04. The van der Waals surface area contributed by atoms with Gasteiger partial charge in [0.15, 0.2) is 0 Å². The molecule has 0 unspecified atom stereocenters. The fraction of sp³-hybridized carbons (Fsp3) is 0.0714. The van der Waals surface area contributed by atoms with Gasteiger partial charge in [-0.3, -0.25) is 9.48 Å². The number of hydrogen-bond donors (Lipinski definition) is 1. The van der Waals surface area contributed by atoms with Gasteiger partial charge in [-0.1, -0.05) is 0 Å². The van der Waals surface area contributed by atoms with Crippen molar-refractivity contribution in [3.05, 3.63) is 48.2 Å². The van der Waals surface area contributed by atoms with E-state index in [-0.39, 0.29) is 11.3 Å². The van der Waals surface area contributed by atoms with Crippen LogP contribution in [0.25, 0.3) is 10.9 Å². The number of carbonyl (C=O) groups is 1. The summed E-state index contributed by atoms with van der Waals surface area (Å²) in [5.74, 6) is -0.655. The number of nitrogens with two attached hydrogens (primary N) is 1. The highest BCUT2D eigenvalue weighted by atomic mass is 19.1. The van der Waals surface area contributed by atoms with Crippen LogP contribution in [0.4, 0.5) is 4.39 Å². The standard InChI is InChI=1S/C14H11FN4O2/c1-19-11-5-12(21-9-2-3-13(15)17-7-9)10(14(16)20)4-8(11)6-18-19/h2-7H,1H3,(H2,16,20). The van der Waals surface area contributed by atoms with Crippen LogP contribution in [0, 0.1) is 5.95 Å². The lowest BCUT2D eigenvalue weighted by Crippen LogP contribution is -2.12. The van der Waals surface area contributed by atoms with Crippen molar-refractivity contribution in [3.63, 3.8) is 0 Å². The molecule has 0 atom stereocenters. The second-order valence-corrected chi connectivity index (χ2v) is 4.46. The molecule has 3 aromatic rings. The maximum absolute atomic E-state index is 12.8. The van der Waals surface area contributed by atoms with Crippen molar-refractivity contribution in [2.75, 3.05) is 0 Å². The van der Waals surface area contributed by atoms with E-state index in [4.69, 9.17) is 10.5 Å². The second kappa shape index (κ2) is 4.86. The van der Waals surface area contributed by atoms with Crippen LogP contribution in [-0.4, -0.2) is 20.7 Å². The number of aromatic nitrogens is 3. The number of rotatable bonds is 3. The van der Waals surface area contributed by atoms with E-state index in [1.54, 1.807) is 30.1 Å². The number of halogens is 1. The minimum atomic E-state index is -0.620. The molecule has 0 aliphatic rings. The fourth-order valence-electron chi connectivity index (χ4n) is 2.01. The van der Waals surface area contributed by atoms with Gasteiger partial charge >= 0.3 is 0 Å². The molecule has 0 saturated heterocycles. The highest BCUT2D eigenvalue weighted by molar-refractivity contribution is 6.00. The van der Waals surface area contributed by atoms with Gasteiger partial charge in [-0.15, -0.1) is 0 Å². The first kappa shape index (κ1) is 13.0. The quantitative estimate of drug-likeness (QED) is 0.746. The average molecular weight is 286 g/mol. The first-order valence-corrected chi connectivity index (χ1v) is 6.09. The summed E-state index contributed by atoms with van der Waals surface area (Å²) in [4.78, 5) is 15.1. The first-order valence-electron chi connectivity index (χ1n) is 6.09. The molecule has 2 N–H and O–H groups in total. The average Bonchev–Trinajstić information content (AvgIpc) is 2.81. The summed E-state index contributed by atoms with van der Waals surface area (Å²) in [6.45, 7) is 0. The van der Waals surface area contributed by atoms with Gasteiger partial charge in [0.2, 0.25) is 5.95 Å². The molecule has 2 heterocycles. The Kier molecular flexibility index (Phi) is 3.02. The zero-order valence-corrected chi connectivity index (χ0v) is 11.1. The van der Waals surface area contributed by atoms with Crippen LogP contribution in [0.2, 0.25) is 0 Å². The molecule has 7 heteroatoms. The van der Waals surface area contributed by atoms with Crippen LogP contribution < -0.4 is 10.5 Å². The van der Waals surface area contributed by atoms with Gasteiger partial charge in [-0.05, 0) is 18.2 Å². The fourth-order valence-corrected chi connectivity index (χ4v) is 2.01. The van der Waals surface area contributed by atoms with E-state index < -0.39 is 11.9 Å². The van der Waals surface area contributed by atoms with E-state index in [1.165, 1.54) is 18.3 Å². The lowest BCUT2D eigenvalue weighted by atomic mass is 10.1. The molecule has 0 aliphatic heterocycles. The normalized spacial score (nSPS) is 10.8. The molecule has 0 spiro atoms. The number of hydrogen-bond acceptors (Lipinski definition) is 4. The number of benzene rings is 1. The number of ether oxygens (including phenoxy) is 1. The number of aryl methyl sites for hydroxylation is 1. The van der Waals surface area contributed by atoms with Crippen molar-refractivity contribution in [1.29, 1.82) is 0 Å². The third-order valence-electron chi connectivity index (χ3n) is 3.04. The third kappa shape index (κ3) is 2.40. The smallest absolute Gasteiger partial charge is 0.252 e. The Morgan fingerprint density at radius 1 is 1.33 bits per heavy atom. The van der Waals surface area contributed by atoms with E-state index in [1.807, 2.05) is 0 Å². The van der Waals surface area contributed by atoms with Gasteiger partial charge in [0.05, 0.1) is 23.5 Å². The Balaban J connectivity index is 2.10. The summed E-state index contributed by atoms with van der Waals surface area (Å²) in [6.07, 6.45) is 2.86. The van der Waals surface area contributed by atoms with Crippen LogP contribution in [0.3, 0.4) is 0 Å². The van der Waals surface area contributed by atoms with Gasteiger partial charge in [0.1, 0.15) is 11.5 Å². The van der Waals surface area contributed by atoms with Crippen molar-refractivity contribution in [2.45, 2.75) is 0 Å². The Hall–Kier alpha value is -2.96. The van der Waals surface area contributed by atoms with Gasteiger partial charge in [0, 0.05) is 18.5 Å². The molecule has 0 fully saturated rings. The van der Waals surface area contributed by atoms with Crippen LogP contribution >= 0.6 is 0 Å². The summed E-state index contributed by atoms with van der Waals surface area (Å²) in [5, 5.41) is 4.88. The molecule has 0 aliphatic carbocycles. The van der Waals surface area contributed by atoms with Gasteiger partial charge < -0.3 is 10.5 Å². The molecule has 0 bridgehead atoms. The molecule has 0 radical (unpaired) electrons. The lowest BCUT2D eigenvalue weighted by Gasteiger charge is -2.09. The predicted molar refractivity (Wildman–Crippen MR) is 73.5 cm³/mol. The monoisotopic (exact) mass is 286 g/mol. The maximum Gasteiger partial charge on any atom is 0.252 e. The maximum atomic E-state index is 12.8. The summed E-state index contributed by atoms with van der Waals surface area (Å²) in [7, 11) is 1.77. The second-order valence-electron chi connectivity index (χ2n) is 4.46. The molecule has 1 aromatic carbocycles. The Morgan fingerprint density at radius 3 is 2.81 bits per heavy atom. The summed E-state index contributed by atoms with van der Waals surface area (Å²) >= 11 is 0. The van der Waals surface area contributed by atoms with E-state index >= 15 is 0 Å². The molecule has 1 amide bonds. The van der Waals surface area contributed by atoms with Crippen molar-refractivity contribution < 1.29 is 13.9 Å². The van der Waals surface area contributed by atoms with Crippen molar-refractivity contribution >= 4 is 16.8 Å². The first-order chi connectivity index (χ1) is 10.0. The van der Waals surface area contributed by atoms with Gasteiger partial charge in [-0.25, -0.2) is 4.98 Å². The van der Waals surface area contributed by atoms with Crippen molar-refractivity contribution in [2.24, 2.45) is 12.8 Å². The number of carbonyl (C=O) groups excluding carboxylic acids is 1. The SMILES string of the molecule is Cn1ncc2cc(C(N)=O)c(Oc3ccc(F)nc3)cc21. The van der Waals surface area contributed by atoms with E-state index in [0.29, 0.717) is 5.75 Å². The number of nitrogens with zero attached hydrogens (tertiary/aromatic N) is 3. The minimum Gasteiger partial charge on any atom is -0.455 e. The summed E-state index contributed by atoms with van der Waals surface area (Å²) in [6, 6.07) is 5.85. The molecular weight excluding hydrogens is 275 g/mol. The predicted octanol–water partition coefficient (Wildman–Crippen LogP) is 2.00. The summed E-state index contributed by atoms with van der Waals surface area (Å²) < 4.78 is 20.0.